The zero-order chi connectivity index (χ0) is 23.7. The van der Waals surface area contributed by atoms with E-state index in [0.717, 1.165) is 16.4 Å². The molecule has 34 heavy (non-hydrogen) atoms. The van der Waals surface area contributed by atoms with Crippen LogP contribution in [0.5, 0.6) is 0 Å². The molecule has 0 bridgehead atoms. The molecule has 1 aliphatic rings. The third-order valence-electron chi connectivity index (χ3n) is 7.12. The summed E-state index contributed by atoms with van der Waals surface area (Å²) < 4.78 is 0. The Balaban J connectivity index is 1.80. The number of nitrogens with one attached hydrogen (secondary N) is 1. The molecule has 5 rings (SSSR count). The normalized spacial score (nSPS) is 19.9. The first-order chi connectivity index (χ1) is 16.6. The average molecular weight is 463 g/mol. The van der Waals surface area contributed by atoms with Crippen molar-refractivity contribution in [3.63, 3.8) is 0 Å². The Morgan fingerprint density at radius 1 is 0.706 bits per heavy atom. The molecular formula is C31H29NOP+. The van der Waals surface area contributed by atoms with Gasteiger partial charge in [-0.05, 0) is 42.0 Å². The van der Waals surface area contributed by atoms with Gasteiger partial charge >= 0.3 is 0 Å². The Kier molecular flexibility index (Phi) is 6.04. The number of aliphatic hydroxyl groups is 1. The van der Waals surface area contributed by atoms with E-state index in [4.69, 9.17) is 6.58 Å². The standard InChI is InChI=1S/C31H29NOP/c1-22-29(30(32)27-20-12-13-21-28(27)31(22)33)23(2)34(24-14-6-3-7-15-24,25-16-8-4-9-17-25)26-18-10-5-11-19-26/h3-22,29,31-33H,2H2,1H3/q+1. The van der Waals surface area contributed by atoms with E-state index in [0.29, 0.717) is 5.71 Å². The van der Waals surface area contributed by atoms with E-state index in [2.05, 4.69) is 79.7 Å². The fraction of sp³-hybridized carbons (Fsp3) is 0.129. The van der Waals surface area contributed by atoms with Crippen molar-refractivity contribution in [2.75, 3.05) is 0 Å². The average Bonchev–Trinajstić information content (AvgIpc) is 2.90. The monoisotopic (exact) mass is 462 g/mol. The van der Waals surface area contributed by atoms with Crippen molar-refractivity contribution in [1.82, 2.24) is 0 Å². The van der Waals surface area contributed by atoms with Crippen LogP contribution in [-0.4, -0.2) is 10.8 Å². The Morgan fingerprint density at radius 3 is 1.59 bits per heavy atom. The summed E-state index contributed by atoms with van der Waals surface area (Å²) in [4.78, 5) is 0. The van der Waals surface area contributed by atoms with Crippen LogP contribution in [0.25, 0.3) is 0 Å². The lowest BCUT2D eigenvalue weighted by Gasteiger charge is -2.40. The Hall–Kier alpha value is -3.32. The van der Waals surface area contributed by atoms with Crippen LogP contribution in [0.2, 0.25) is 0 Å². The van der Waals surface area contributed by atoms with Gasteiger partial charge in [-0.2, -0.15) is 0 Å². The SMILES string of the molecule is C=C(C1C(=N)c2ccccc2C(O)C1C)[P+](c1ccccc1)(c1ccccc1)c1ccccc1. The fourth-order valence-corrected chi connectivity index (χ4v) is 10.0. The van der Waals surface area contributed by atoms with Crippen LogP contribution in [0, 0.1) is 17.2 Å². The van der Waals surface area contributed by atoms with Gasteiger partial charge in [0.15, 0.2) is 0 Å². The van der Waals surface area contributed by atoms with Gasteiger partial charge in [-0.3, -0.25) is 0 Å². The Labute approximate surface area is 202 Å². The van der Waals surface area contributed by atoms with Gasteiger partial charge in [-0.15, -0.1) is 0 Å². The maximum Gasteiger partial charge on any atom is 0.140 e. The molecule has 1 aliphatic carbocycles. The molecule has 0 aromatic heterocycles. The van der Waals surface area contributed by atoms with Crippen LogP contribution in [-0.2, 0) is 0 Å². The first-order valence-electron chi connectivity index (χ1n) is 11.7. The van der Waals surface area contributed by atoms with Gasteiger partial charge in [0.25, 0.3) is 0 Å². The minimum absolute atomic E-state index is 0.162. The molecule has 4 aromatic rings. The molecule has 0 amide bonds. The highest BCUT2D eigenvalue weighted by Gasteiger charge is 2.54. The van der Waals surface area contributed by atoms with Gasteiger partial charge in [-0.1, -0.05) is 92.4 Å². The molecular weight excluding hydrogens is 433 g/mol. The number of hydrogen-bond donors (Lipinski definition) is 2. The number of hydrogen-bond acceptors (Lipinski definition) is 2. The largest absolute Gasteiger partial charge is 0.388 e. The number of fused-ring (bicyclic) bond motifs is 1. The van der Waals surface area contributed by atoms with Gasteiger partial charge < -0.3 is 10.5 Å². The molecule has 0 fully saturated rings. The molecule has 2 nitrogen and oxygen atoms in total. The maximum absolute atomic E-state index is 11.3. The second-order valence-corrected chi connectivity index (χ2v) is 12.4. The molecule has 2 N–H and O–H groups in total. The van der Waals surface area contributed by atoms with Gasteiger partial charge in [0.1, 0.15) is 23.2 Å². The lowest BCUT2D eigenvalue weighted by molar-refractivity contribution is 0.103. The summed E-state index contributed by atoms with van der Waals surface area (Å²) in [5, 5.41) is 25.3. The van der Waals surface area contributed by atoms with Gasteiger partial charge in [0, 0.05) is 11.5 Å². The van der Waals surface area contributed by atoms with Crippen LogP contribution in [0.4, 0.5) is 0 Å². The summed E-state index contributed by atoms with van der Waals surface area (Å²) in [5.41, 5.74) is 2.21. The van der Waals surface area contributed by atoms with Crippen molar-refractivity contribution in [3.05, 3.63) is 138 Å². The van der Waals surface area contributed by atoms with Gasteiger partial charge in [0.05, 0.1) is 23.0 Å². The summed E-state index contributed by atoms with van der Waals surface area (Å²) in [6, 6.07) is 39.6. The number of rotatable bonds is 5. The van der Waals surface area contributed by atoms with E-state index < -0.39 is 13.4 Å². The van der Waals surface area contributed by atoms with E-state index in [9.17, 15) is 10.5 Å². The molecule has 0 heterocycles. The third-order valence-corrected chi connectivity index (χ3v) is 11.5. The molecule has 4 aromatic carbocycles. The number of benzene rings is 4. The lowest BCUT2D eigenvalue weighted by Crippen LogP contribution is -2.40. The topological polar surface area (TPSA) is 44.1 Å². The summed E-state index contributed by atoms with van der Waals surface area (Å²) in [6.45, 7) is 6.84. The van der Waals surface area contributed by atoms with Crippen LogP contribution < -0.4 is 15.9 Å². The number of allylic oxidation sites excluding steroid dienone is 1. The maximum atomic E-state index is 11.3. The van der Waals surface area contributed by atoms with E-state index in [1.807, 2.05) is 42.5 Å². The fourth-order valence-electron chi connectivity index (χ4n) is 5.47. The van der Waals surface area contributed by atoms with Crippen molar-refractivity contribution in [3.8, 4) is 0 Å². The van der Waals surface area contributed by atoms with E-state index in [-0.39, 0.29) is 11.8 Å². The van der Waals surface area contributed by atoms with Gasteiger partial charge in [-0.25, -0.2) is 0 Å². The third kappa shape index (κ3) is 3.46. The van der Waals surface area contributed by atoms with Crippen molar-refractivity contribution >= 4 is 28.9 Å². The summed E-state index contributed by atoms with van der Waals surface area (Å²) in [6.07, 6.45) is -0.642. The summed E-state index contributed by atoms with van der Waals surface area (Å²) in [7, 11) is -2.37. The first-order valence-corrected chi connectivity index (χ1v) is 13.5. The molecule has 0 aliphatic heterocycles. The predicted molar refractivity (Wildman–Crippen MR) is 145 cm³/mol. The van der Waals surface area contributed by atoms with Gasteiger partial charge in [0.2, 0.25) is 0 Å². The molecule has 3 unspecified atom stereocenters. The highest BCUT2D eigenvalue weighted by atomic mass is 31.2. The summed E-state index contributed by atoms with van der Waals surface area (Å²) in [5.74, 6) is -0.440. The minimum atomic E-state index is -2.37. The highest BCUT2D eigenvalue weighted by Crippen LogP contribution is 2.66. The Morgan fingerprint density at radius 2 is 1.12 bits per heavy atom. The van der Waals surface area contributed by atoms with Crippen molar-refractivity contribution in [2.24, 2.45) is 11.8 Å². The van der Waals surface area contributed by atoms with Crippen LogP contribution in [0.1, 0.15) is 24.2 Å². The van der Waals surface area contributed by atoms with Crippen LogP contribution in [0.3, 0.4) is 0 Å². The molecule has 0 radical (unpaired) electrons. The van der Waals surface area contributed by atoms with Crippen molar-refractivity contribution in [1.29, 1.82) is 5.41 Å². The summed E-state index contributed by atoms with van der Waals surface area (Å²) >= 11 is 0. The Bertz CT molecular complexity index is 1220. The molecule has 3 heteroatoms. The molecule has 3 atom stereocenters. The van der Waals surface area contributed by atoms with Crippen molar-refractivity contribution < 1.29 is 5.11 Å². The predicted octanol–water partition coefficient (Wildman–Crippen LogP) is 5.86. The zero-order valence-corrected chi connectivity index (χ0v) is 20.2. The van der Waals surface area contributed by atoms with Crippen molar-refractivity contribution in [2.45, 2.75) is 13.0 Å². The van der Waals surface area contributed by atoms with E-state index in [1.165, 1.54) is 15.9 Å². The zero-order valence-electron chi connectivity index (χ0n) is 19.3. The molecule has 0 spiro atoms. The quantitative estimate of drug-likeness (QED) is 0.359. The second kappa shape index (κ2) is 9.14. The minimum Gasteiger partial charge on any atom is -0.388 e. The smallest absolute Gasteiger partial charge is 0.140 e. The molecule has 0 saturated carbocycles. The highest BCUT2D eigenvalue weighted by molar-refractivity contribution is 7.99. The lowest BCUT2D eigenvalue weighted by atomic mass is 9.73. The van der Waals surface area contributed by atoms with Crippen LogP contribution in [0.15, 0.2) is 127 Å². The molecule has 0 saturated heterocycles. The van der Waals surface area contributed by atoms with E-state index >= 15 is 0 Å². The number of aliphatic hydroxyl groups excluding tert-OH is 1. The first kappa shape index (κ1) is 22.5. The van der Waals surface area contributed by atoms with Crippen LogP contribution >= 0.6 is 7.26 Å². The van der Waals surface area contributed by atoms with E-state index in [1.54, 1.807) is 0 Å². The molecule has 168 valence electrons. The second-order valence-electron chi connectivity index (χ2n) is 8.95.